The standard InChI is InChI=1S/C11H14O3.C2H6.CH2O/c1-3-4-5-6-9(2)7-10(12)8-11(13)14;2*1-2/h3-7,12H,1,8H2,2H3,(H,13,14);1-2H3;1H2/b5-4-,9-6+,10-7+;;. The molecule has 0 spiro atoms. The van der Waals surface area contributed by atoms with Crippen molar-refractivity contribution in [2.24, 2.45) is 0 Å². The summed E-state index contributed by atoms with van der Waals surface area (Å²) < 4.78 is 0. The van der Waals surface area contributed by atoms with E-state index in [2.05, 4.69) is 6.58 Å². The molecule has 4 nitrogen and oxygen atoms in total. The summed E-state index contributed by atoms with van der Waals surface area (Å²) in [6.45, 7) is 11.3. The van der Waals surface area contributed by atoms with Crippen molar-refractivity contribution < 1.29 is 19.8 Å². The molecule has 0 radical (unpaired) electrons. The number of carbonyl (C=O) groups excluding carboxylic acids is 1. The maximum atomic E-state index is 10.2. The van der Waals surface area contributed by atoms with Gasteiger partial charge in [0.15, 0.2) is 0 Å². The molecule has 4 heteroatoms. The number of aliphatic hydroxyl groups excluding tert-OH is 1. The third kappa shape index (κ3) is 19.5. The maximum Gasteiger partial charge on any atom is 0.311 e. The van der Waals surface area contributed by atoms with Gasteiger partial charge >= 0.3 is 5.97 Å². The molecule has 0 aliphatic carbocycles. The lowest BCUT2D eigenvalue weighted by molar-refractivity contribution is -0.136. The maximum absolute atomic E-state index is 10.2. The summed E-state index contributed by atoms with van der Waals surface area (Å²) in [6.07, 6.45) is 7.95. The van der Waals surface area contributed by atoms with Crippen LogP contribution in [0.5, 0.6) is 0 Å². The first-order valence-corrected chi connectivity index (χ1v) is 5.42. The van der Waals surface area contributed by atoms with Crippen LogP contribution < -0.4 is 0 Å². The molecule has 102 valence electrons. The normalized spacial score (nSPS) is 10.8. The Morgan fingerprint density at radius 1 is 1.17 bits per heavy atom. The van der Waals surface area contributed by atoms with E-state index < -0.39 is 5.97 Å². The fraction of sp³-hybridized carbons (Fsp3) is 0.286. The smallest absolute Gasteiger partial charge is 0.311 e. The summed E-state index contributed by atoms with van der Waals surface area (Å²) in [5, 5.41) is 17.5. The Hall–Kier alpha value is -2.10. The average Bonchev–Trinajstić information content (AvgIpc) is 2.33. The Morgan fingerprint density at radius 2 is 1.67 bits per heavy atom. The van der Waals surface area contributed by atoms with Crippen molar-refractivity contribution in [2.75, 3.05) is 0 Å². The van der Waals surface area contributed by atoms with Gasteiger partial charge in [0.25, 0.3) is 0 Å². The van der Waals surface area contributed by atoms with Crippen LogP contribution >= 0.6 is 0 Å². The monoisotopic (exact) mass is 254 g/mol. The van der Waals surface area contributed by atoms with E-state index >= 15 is 0 Å². The summed E-state index contributed by atoms with van der Waals surface area (Å²) in [7, 11) is 0. The van der Waals surface area contributed by atoms with Crippen molar-refractivity contribution in [3.05, 3.63) is 48.3 Å². The van der Waals surface area contributed by atoms with Crippen molar-refractivity contribution in [3.63, 3.8) is 0 Å². The second-order valence-corrected chi connectivity index (χ2v) is 2.74. The zero-order chi connectivity index (χ0) is 15.0. The van der Waals surface area contributed by atoms with Crippen LogP contribution in [0.15, 0.2) is 48.3 Å². The molecule has 0 fully saturated rings. The Bertz CT molecular complexity index is 312. The lowest BCUT2D eigenvalue weighted by Crippen LogP contribution is -1.96. The molecular formula is C14H22O4. The van der Waals surface area contributed by atoms with Gasteiger partial charge < -0.3 is 15.0 Å². The minimum absolute atomic E-state index is 0.154. The van der Waals surface area contributed by atoms with Crippen molar-refractivity contribution in [1.29, 1.82) is 0 Å². The van der Waals surface area contributed by atoms with E-state index in [0.29, 0.717) is 0 Å². The Labute approximate surface area is 109 Å². The first-order valence-electron chi connectivity index (χ1n) is 5.42. The molecule has 0 atom stereocenters. The van der Waals surface area contributed by atoms with E-state index in [0.717, 1.165) is 5.57 Å². The molecule has 2 N–H and O–H groups in total. The van der Waals surface area contributed by atoms with Gasteiger partial charge in [-0.1, -0.05) is 44.7 Å². The van der Waals surface area contributed by atoms with Crippen LogP contribution in [-0.2, 0) is 9.59 Å². The Morgan fingerprint density at radius 3 is 2.06 bits per heavy atom. The zero-order valence-electron chi connectivity index (χ0n) is 11.2. The largest absolute Gasteiger partial charge is 0.512 e. The minimum Gasteiger partial charge on any atom is -0.512 e. The molecule has 0 heterocycles. The quantitative estimate of drug-likeness (QED) is 0.582. The molecule has 0 aromatic carbocycles. The Kier molecular flexibility index (Phi) is 20.4. The molecule has 0 aromatic rings. The number of aliphatic carboxylic acids is 1. The topological polar surface area (TPSA) is 74.6 Å². The molecule has 0 saturated heterocycles. The first-order chi connectivity index (χ1) is 8.56. The van der Waals surface area contributed by atoms with E-state index in [1.807, 2.05) is 20.6 Å². The number of rotatable bonds is 5. The lowest BCUT2D eigenvalue weighted by Gasteiger charge is -1.94. The van der Waals surface area contributed by atoms with Crippen LogP contribution in [0.4, 0.5) is 0 Å². The highest BCUT2D eigenvalue weighted by Gasteiger charge is 2.00. The molecule has 0 unspecified atom stereocenters. The third-order valence-electron chi connectivity index (χ3n) is 1.33. The number of carboxylic acid groups (broad SMARTS) is 1. The molecule has 18 heavy (non-hydrogen) atoms. The predicted octanol–water partition coefficient (Wildman–Crippen LogP) is 3.43. The van der Waals surface area contributed by atoms with Gasteiger partial charge in [-0.3, -0.25) is 4.79 Å². The molecule has 0 amide bonds. The van der Waals surface area contributed by atoms with Crippen LogP contribution in [0.3, 0.4) is 0 Å². The number of aliphatic hydroxyl groups is 1. The summed E-state index contributed by atoms with van der Waals surface area (Å²) >= 11 is 0. The lowest BCUT2D eigenvalue weighted by atomic mass is 10.2. The second kappa shape index (κ2) is 17.3. The van der Waals surface area contributed by atoms with Crippen molar-refractivity contribution in [3.8, 4) is 0 Å². The summed E-state index contributed by atoms with van der Waals surface area (Å²) in [4.78, 5) is 18.2. The van der Waals surface area contributed by atoms with E-state index in [1.165, 1.54) is 6.08 Å². The predicted molar refractivity (Wildman–Crippen MR) is 74.5 cm³/mol. The van der Waals surface area contributed by atoms with Crippen LogP contribution in [0.1, 0.15) is 27.2 Å². The second-order valence-electron chi connectivity index (χ2n) is 2.74. The molecule has 0 aromatic heterocycles. The number of carboxylic acids is 1. The highest BCUT2D eigenvalue weighted by atomic mass is 16.4. The zero-order valence-corrected chi connectivity index (χ0v) is 11.2. The molecule has 0 aliphatic heterocycles. The SMILES string of the molecule is C=C\C=C/C=C(C)/C=C(/O)CC(=O)O.C=O.CC. The van der Waals surface area contributed by atoms with Crippen LogP contribution in [-0.4, -0.2) is 23.0 Å². The fourth-order valence-corrected chi connectivity index (χ4v) is 0.803. The van der Waals surface area contributed by atoms with Gasteiger partial charge in [0, 0.05) is 0 Å². The van der Waals surface area contributed by atoms with E-state index in [-0.39, 0.29) is 12.2 Å². The summed E-state index contributed by atoms with van der Waals surface area (Å²) in [6, 6.07) is 0. The first kappa shape index (κ1) is 21.2. The summed E-state index contributed by atoms with van der Waals surface area (Å²) in [5.74, 6) is -1.20. The number of allylic oxidation sites excluding steroid dienone is 6. The van der Waals surface area contributed by atoms with Crippen molar-refractivity contribution >= 4 is 12.8 Å². The van der Waals surface area contributed by atoms with Gasteiger partial charge in [0.2, 0.25) is 0 Å². The minimum atomic E-state index is -1.05. The molecular weight excluding hydrogens is 232 g/mol. The fourth-order valence-electron chi connectivity index (χ4n) is 0.803. The Balaban J connectivity index is -0.000000506. The van der Waals surface area contributed by atoms with Gasteiger partial charge in [0.05, 0.1) is 0 Å². The number of hydrogen-bond donors (Lipinski definition) is 2. The van der Waals surface area contributed by atoms with E-state index in [9.17, 15) is 4.79 Å². The van der Waals surface area contributed by atoms with E-state index in [1.54, 1.807) is 31.2 Å². The van der Waals surface area contributed by atoms with Crippen LogP contribution in [0.25, 0.3) is 0 Å². The number of hydrogen-bond acceptors (Lipinski definition) is 3. The van der Waals surface area contributed by atoms with Gasteiger partial charge in [-0.15, -0.1) is 0 Å². The van der Waals surface area contributed by atoms with Gasteiger partial charge in [-0.05, 0) is 18.6 Å². The van der Waals surface area contributed by atoms with Gasteiger partial charge in [-0.25, -0.2) is 0 Å². The van der Waals surface area contributed by atoms with Crippen LogP contribution in [0, 0.1) is 0 Å². The molecule has 0 saturated carbocycles. The average molecular weight is 254 g/mol. The summed E-state index contributed by atoms with van der Waals surface area (Å²) in [5.41, 5.74) is 0.779. The van der Waals surface area contributed by atoms with E-state index in [4.69, 9.17) is 15.0 Å². The number of carbonyl (C=O) groups is 2. The highest BCUT2D eigenvalue weighted by molar-refractivity contribution is 5.69. The van der Waals surface area contributed by atoms with Crippen molar-refractivity contribution in [2.45, 2.75) is 27.2 Å². The van der Waals surface area contributed by atoms with Crippen molar-refractivity contribution in [1.82, 2.24) is 0 Å². The molecule has 0 rings (SSSR count). The van der Waals surface area contributed by atoms with Crippen LogP contribution in [0.2, 0.25) is 0 Å². The van der Waals surface area contributed by atoms with Gasteiger partial charge in [-0.2, -0.15) is 0 Å². The molecule has 0 bridgehead atoms. The molecule has 0 aliphatic rings. The highest BCUT2D eigenvalue weighted by Crippen LogP contribution is 2.03. The third-order valence-corrected chi connectivity index (χ3v) is 1.33. The van der Waals surface area contributed by atoms with Gasteiger partial charge in [0.1, 0.15) is 19.0 Å².